The topological polar surface area (TPSA) is 57.7 Å². The molecule has 0 aliphatic carbocycles. The van der Waals surface area contributed by atoms with Gasteiger partial charge >= 0.3 is 0 Å². The maximum atomic E-state index is 13.2. The van der Waals surface area contributed by atoms with E-state index in [1.165, 1.54) is 45.6 Å². The monoisotopic (exact) mass is 404 g/mol. The number of nitrogens with zero attached hydrogens (tertiary/aromatic N) is 2. The maximum absolute atomic E-state index is 13.2. The van der Waals surface area contributed by atoms with E-state index in [1.54, 1.807) is 12.1 Å². The van der Waals surface area contributed by atoms with E-state index in [0.717, 1.165) is 25.7 Å². The first kappa shape index (κ1) is 20.5. The second kappa shape index (κ2) is 8.84. The summed E-state index contributed by atoms with van der Waals surface area (Å²) in [6.07, 6.45) is 3.78. The highest BCUT2D eigenvalue weighted by molar-refractivity contribution is 7.89. The van der Waals surface area contributed by atoms with Crippen LogP contribution in [0, 0.1) is 5.82 Å². The van der Waals surface area contributed by atoms with Gasteiger partial charge in [0.05, 0.1) is 4.90 Å². The largest absolute Gasteiger partial charge is 0.309 e. The van der Waals surface area contributed by atoms with Crippen LogP contribution in [0.4, 0.5) is 10.1 Å². The molecule has 1 aliphatic rings. The molecular weight excluding hydrogens is 379 g/mol. The number of halogens is 1. The number of benzene rings is 2. The van der Waals surface area contributed by atoms with Crippen LogP contribution in [-0.2, 0) is 10.0 Å². The molecule has 0 saturated carbocycles. The van der Waals surface area contributed by atoms with E-state index < -0.39 is 10.0 Å². The van der Waals surface area contributed by atoms with Crippen molar-refractivity contribution >= 4 is 21.6 Å². The number of rotatable bonds is 5. The molecule has 7 heteroatoms. The first-order chi connectivity index (χ1) is 13.4. The predicted molar refractivity (Wildman–Crippen MR) is 107 cm³/mol. The molecule has 0 aromatic heterocycles. The molecule has 1 heterocycles. The molecule has 1 fully saturated rings. The Hall–Kier alpha value is -2.25. The van der Waals surface area contributed by atoms with Crippen molar-refractivity contribution in [3.63, 3.8) is 0 Å². The summed E-state index contributed by atoms with van der Waals surface area (Å²) in [5, 5.41) is 0. The first-order valence-electron chi connectivity index (χ1n) is 9.61. The minimum Gasteiger partial charge on any atom is -0.309 e. The summed E-state index contributed by atoms with van der Waals surface area (Å²) in [6, 6.07) is 11.8. The third-order valence-corrected chi connectivity index (χ3v) is 6.88. The quantitative estimate of drug-likeness (QED) is 0.755. The van der Waals surface area contributed by atoms with E-state index >= 15 is 0 Å². The predicted octanol–water partition coefficient (Wildman–Crippen LogP) is 4.06. The second-order valence-electron chi connectivity index (χ2n) is 6.87. The first-order valence-corrected chi connectivity index (χ1v) is 11.0. The lowest BCUT2D eigenvalue weighted by molar-refractivity contribution is 0.0988. The Morgan fingerprint density at radius 3 is 2.29 bits per heavy atom. The summed E-state index contributed by atoms with van der Waals surface area (Å²) >= 11 is 0. The zero-order valence-corrected chi connectivity index (χ0v) is 16.8. The SMILES string of the molecule is CCN(C(=O)c1cccc(S(=O)(=O)N2CCCCCC2)c1)c1ccc(F)cc1. The molecule has 0 unspecified atom stereocenters. The average Bonchev–Trinajstić information content (AvgIpc) is 3.00. The number of hydrogen-bond acceptors (Lipinski definition) is 3. The van der Waals surface area contributed by atoms with Gasteiger partial charge in [-0.15, -0.1) is 0 Å². The summed E-state index contributed by atoms with van der Waals surface area (Å²) in [6.45, 7) is 3.22. The van der Waals surface area contributed by atoms with Gasteiger partial charge in [-0.2, -0.15) is 4.31 Å². The lowest BCUT2D eigenvalue weighted by Gasteiger charge is -2.22. The van der Waals surface area contributed by atoms with Crippen LogP contribution in [0.3, 0.4) is 0 Å². The van der Waals surface area contributed by atoms with Gasteiger partial charge in [-0.3, -0.25) is 4.79 Å². The summed E-state index contributed by atoms with van der Waals surface area (Å²) < 4.78 is 40.8. The van der Waals surface area contributed by atoms with Crippen LogP contribution in [0.5, 0.6) is 0 Å². The van der Waals surface area contributed by atoms with Crippen LogP contribution in [0.15, 0.2) is 53.4 Å². The van der Waals surface area contributed by atoms with Gasteiger partial charge in [0, 0.05) is 30.9 Å². The van der Waals surface area contributed by atoms with Crippen LogP contribution in [0.2, 0.25) is 0 Å². The van der Waals surface area contributed by atoms with Gasteiger partial charge in [-0.1, -0.05) is 18.9 Å². The Balaban J connectivity index is 1.89. The molecule has 1 amide bonds. The van der Waals surface area contributed by atoms with Crippen LogP contribution in [-0.4, -0.2) is 38.3 Å². The van der Waals surface area contributed by atoms with E-state index in [4.69, 9.17) is 0 Å². The Morgan fingerprint density at radius 1 is 1.04 bits per heavy atom. The van der Waals surface area contributed by atoms with Gasteiger partial charge in [0.1, 0.15) is 5.82 Å². The van der Waals surface area contributed by atoms with Crippen molar-refractivity contribution in [2.45, 2.75) is 37.5 Å². The zero-order chi connectivity index (χ0) is 20.1. The van der Waals surface area contributed by atoms with Gasteiger partial charge in [0.25, 0.3) is 5.91 Å². The summed E-state index contributed by atoms with van der Waals surface area (Å²) in [5.74, 6) is -0.695. The molecule has 0 bridgehead atoms. The fraction of sp³-hybridized carbons (Fsp3) is 0.381. The summed E-state index contributed by atoms with van der Waals surface area (Å²) in [5.41, 5.74) is 0.858. The van der Waals surface area contributed by atoms with E-state index in [1.807, 2.05) is 6.92 Å². The number of amides is 1. The third-order valence-electron chi connectivity index (χ3n) is 4.98. The highest BCUT2D eigenvalue weighted by atomic mass is 32.2. The molecule has 0 radical (unpaired) electrons. The minimum absolute atomic E-state index is 0.135. The minimum atomic E-state index is -3.63. The third kappa shape index (κ3) is 4.42. The van der Waals surface area contributed by atoms with Crippen LogP contribution in [0.25, 0.3) is 0 Å². The van der Waals surface area contributed by atoms with Crippen molar-refractivity contribution in [2.75, 3.05) is 24.5 Å². The number of carbonyl (C=O) groups is 1. The van der Waals surface area contributed by atoms with Crippen molar-refractivity contribution in [3.8, 4) is 0 Å². The van der Waals surface area contributed by atoms with E-state index in [-0.39, 0.29) is 16.6 Å². The zero-order valence-electron chi connectivity index (χ0n) is 16.0. The molecule has 3 rings (SSSR count). The molecule has 2 aromatic carbocycles. The van der Waals surface area contributed by atoms with Crippen LogP contribution >= 0.6 is 0 Å². The summed E-state index contributed by atoms with van der Waals surface area (Å²) in [4.78, 5) is 14.6. The van der Waals surface area contributed by atoms with Crippen LogP contribution in [0.1, 0.15) is 43.0 Å². The molecule has 5 nitrogen and oxygen atoms in total. The molecule has 28 heavy (non-hydrogen) atoms. The molecule has 1 saturated heterocycles. The van der Waals surface area contributed by atoms with E-state index in [9.17, 15) is 17.6 Å². The lowest BCUT2D eigenvalue weighted by atomic mass is 10.2. The van der Waals surface area contributed by atoms with E-state index in [0.29, 0.717) is 30.9 Å². The van der Waals surface area contributed by atoms with Gasteiger partial charge in [-0.25, -0.2) is 12.8 Å². The summed E-state index contributed by atoms with van der Waals surface area (Å²) in [7, 11) is -3.63. The van der Waals surface area contributed by atoms with Gasteiger partial charge in [0.2, 0.25) is 10.0 Å². The number of hydrogen-bond donors (Lipinski definition) is 0. The molecule has 1 aliphatic heterocycles. The number of anilines is 1. The molecular formula is C21H25FN2O3S. The van der Waals surface area contributed by atoms with Crippen molar-refractivity contribution in [1.82, 2.24) is 4.31 Å². The van der Waals surface area contributed by atoms with Crippen molar-refractivity contribution in [1.29, 1.82) is 0 Å². The fourth-order valence-electron chi connectivity index (χ4n) is 3.44. The molecule has 0 spiro atoms. The molecule has 0 N–H and O–H groups in total. The Labute approximate surface area is 165 Å². The molecule has 150 valence electrons. The highest BCUT2D eigenvalue weighted by Gasteiger charge is 2.26. The Bertz CT molecular complexity index is 921. The Morgan fingerprint density at radius 2 is 1.68 bits per heavy atom. The van der Waals surface area contributed by atoms with Gasteiger partial charge in [-0.05, 0) is 62.2 Å². The standard InChI is InChI=1S/C21H25FN2O3S/c1-2-24(19-12-10-18(22)11-13-19)21(25)17-8-7-9-20(16-17)28(26,27)23-14-5-3-4-6-15-23/h7-13,16H,2-6,14-15H2,1H3. The van der Waals surface area contributed by atoms with Crippen molar-refractivity contribution in [3.05, 3.63) is 59.9 Å². The van der Waals surface area contributed by atoms with Crippen molar-refractivity contribution < 1.29 is 17.6 Å². The smallest absolute Gasteiger partial charge is 0.258 e. The van der Waals surface area contributed by atoms with E-state index in [2.05, 4.69) is 0 Å². The molecule has 2 aromatic rings. The number of sulfonamides is 1. The maximum Gasteiger partial charge on any atom is 0.258 e. The normalized spacial score (nSPS) is 15.8. The van der Waals surface area contributed by atoms with Gasteiger partial charge < -0.3 is 4.90 Å². The fourth-order valence-corrected chi connectivity index (χ4v) is 5.00. The second-order valence-corrected chi connectivity index (χ2v) is 8.81. The number of carbonyl (C=O) groups excluding carboxylic acids is 1. The lowest BCUT2D eigenvalue weighted by Crippen LogP contribution is -2.33. The van der Waals surface area contributed by atoms with Crippen molar-refractivity contribution in [2.24, 2.45) is 0 Å². The molecule has 0 atom stereocenters. The highest BCUT2D eigenvalue weighted by Crippen LogP contribution is 2.23. The average molecular weight is 405 g/mol. The van der Waals surface area contributed by atoms with Crippen LogP contribution < -0.4 is 4.90 Å². The Kier molecular flexibility index (Phi) is 6.46. The van der Waals surface area contributed by atoms with Gasteiger partial charge in [0.15, 0.2) is 0 Å².